The molecule has 0 bridgehead atoms. The van der Waals surface area contributed by atoms with Crippen LogP contribution in [0.25, 0.3) is 0 Å². The Morgan fingerprint density at radius 2 is 1.83 bits per heavy atom. The molecule has 6 nitrogen and oxygen atoms in total. The molecule has 0 unspecified atom stereocenters. The highest BCUT2D eigenvalue weighted by atomic mass is 16.5. The second kappa shape index (κ2) is 7.66. The van der Waals surface area contributed by atoms with E-state index in [0.717, 1.165) is 13.1 Å². The topological polar surface area (TPSA) is 60.0 Å². The van der Waals surface area contributed by atoms with Crippen LogP contribution in [0.5, 0.6) is 11.5 Å². The van der Waals surface area contributed by atoms with Gasteiger partial charge in [0, 0.05) is 24.8 Å². The highest BCUT2D eigenvalue weighted by Gasteiger charge is 2.29. The van der Waals surface area contributed by atoms with Gasteiger partial charge in [-0.1, -0.05) is 0 Å². The zero-order valence-corrected chi connectivity index (χ0v) is 14.5. The van der Waals surface area contributed by atoms with Gasteiger partial charge in [0.1, 0.15) is 0 Å². The summed E-state index contributed by atoms with van der Waals surface area (Å²) >= 11 is 0. The maximum absolute atomic E-state index is 12.5. The number of hydrogen-bond donors (Lipinski definition) is 1. The van der Waals surface area contributed by atoms with Gasteiger partial charge >= 0.3 is 0 Å². The number of rotatable bonds is 5. The number of morpholine rings is 1. The van der Waals surface area contributed by atoms with E-state index in [0.29, 0.717) is 17.2 Å². The average molecular weight is 322 g/mol. The van der Waals surface area contributed by atoms with Gasteiger partial charge in [0.05, 0.1) is 32.5 Å². The summed E-state index contributed by atoms with van der Waals surface area (Å²) in [7, 11) is 3.15. The van der Waals surface area contributed by atoms with Crippen molar-refractivity contribution in [2.75, 3.05) is 32.6 Å². The van der Waals surface area contributed by atoms with Crippen LogP contribution < -0.4 is 14.8 Å². The zero-order chi connectivity index (χ0) is 17.0. The maximum Gasteiger partial charge on any atom is 0.241 e. The summed E-state index contributed by atoms with van der Waals surface area (Å²) in [5.74, 6) is 1.18. The first-order chi connectivity index (χ1) is 10.9. The van der Waals surface area contributed by atoms with Crippen LogP contribution in [0.1, 0.15) is 20.8 Å². The smallest absolute Gasteiger partial charge is 0.241 e. The minimum absolute atomic E-state index is 0.0430. The summed E-state index contributed by atoms with van der Waals surface area (Å²) in [4.78, 5) is 14.7. The van der Waals surface area contributed by atoms with E-state index in [4.69, 9.17) is 14.2 Å². The Morgan fingerprint density at radius 1 is 1.22 bits per heavy atom. The summed E-state index contributed by atoms with van der Waals surface area (Å²) in [5.41, 5.74) is 0.689. The van der Waals surface area contributed by atoms with Crippen LogP contribution in [0.2, 0.25) is 0 Å². The molecule has 0 radical (unpaired) electrons. The number of ether oxygens (including phenoxy) is 3. The lowest BCUT2D eigenvalue weighted by atomic mass is 10.1. The number of amides is 1. The molecule has 0 aliphatic carbocycles. The molecule has 2 rings (SSSR count). The standard InChI is InChI=1S/C17H26N2O4/c1-11-9-19(10-12(2)23-11)13(3)17(20)18-14-6-7-15(21-4)16(8-14)22-5/h6-8,11-13H,9-10H2,1-5H3,(H,18,20)/t11-,12+,13-/m0/s1. The second-order valence-corrected chi connectivity index (χ2v) is 5.95. The molecule has 1 aliphatic rings. The first-order valence-electron chi connectivity index (χ1n) is 7.87. The lowest BCUT2D eigenvalue weighted by Crippen LogP contribution is -2.52. The Kier molecular flexibility index (Phi) is 5.85. The molecule has 128 valence electrons. The lowest BCUT2D eigenvalue weighted by Gasteiger charge is -2.38. The number of benzene rings is 1. The van der Waals surface area contributed by atoms with Crippen LogP contribution >= 0.6 is 0 Å². The minimum atomic E-state index is -0.225. The SMILES string of the molecule is COc1ccc(NC(=O)[C@H](C)N2C[C@@H](C)O[C@@H](C)C2)cc1OC. The van der Waals surface area contributed by atoms with Gasteiger partial charge in [-0.2, -0.15) is 0 Å². The Morgan fingerprint density at radius 3 is 2.39 bits per heavy atom. The number of hydrogen-bond acceptors (Lipinski definition) is 5. The van der Waals surface area contributed by atoms with Crippen molar-refractivity contribution < 1.29 is 19.0 Å². The van der Waals surface area contributed by atoms with Gasteiger partial charge in [0.2, 0.25) is 5.91 Å². The Hall–Kier alpha value is -1.79. The number of nitrogens with zero attached hydrogens (tertiary/aromatic N) is 1. The van der Waals surface area contributed by atoms with E-state index in [-0.39, 0.29) is 24.2 Å². The fraction of sp³-hybridized carbons (Fsp3) is 0.588. The van der Waals surface area contributed by atoms with Crippen molar-refractivity contribution in [3.8, 4) is 11.5 Å². The molecule has 3 atom stereocenters. The van der Waals surface area contributed by atoms with Crippen LogP contribution in [0.15, 0.2) is 18.2 Å². The highest BCUT2D eigenvalue weighted by molar-refractivity contribution is 5.94. The number of anilines is 1. The van der Waals surface area contributed by atoms with E-state index in [9.17, 15) is 4.79 Å². The zero-order valence-electron chi connectivity index (χ0n) is 14.5. The van der Waals surface area contributed by atoms with Crippen molar-refractivity contribution in [2.45, 2.75) is 39.0 Å². The van der Waals surface area contributed by atoms with E-state index in [1.54, 1.807) is 32.4 Å². The van der Waals surface area contributed by atoms with Gasteiger partial charge in [-0.15, -0.1) is 0 Å². The van der Waals surface area contributed by atoms with Crippen LogP contribution in [0, 0.1) is 0 Å². The van der Waals surface area contributed by atoms with Crippen LogP contribution in [0.3, 0.4) is 0 Å². The van der Waals surface area contributed by atoms with Gasteiger partial charge < -0.3 is 19.5 Å². The molecule has 23 heavy (non-hydrogen) atoms. The normalized spacial score (nSPS) is 23.2. The van der Waals surface area contributed by atoms with Gasteiger partial charge in [-0.3, -0.25) is 9.69 Å². The minimum Gasteiger partial charge on any atom is -0.493 e. The van der Waals surface area contributed by atoms with Gasteiger partial charge in [0.15, 0.2) is 11.5 Å². The molecule has 1 aromatic rings. The van der Waals surface area contributed by atoms with Crippen LogP contribution in [-0.4, -0.2) is 56.4 Å². The Bertz CT molecular complexity index is 539. The summed E-state index contributed by atoms with van der Waals surface area (Å²) in [6.07, 6.45) is 0.269. The summed E-state index contributed by atoms with van der Waals surface area (Å²) < 4.78 is 16.2. The molecule has 0 aromatic heterocycles. The molecule has 1 amide bonds. The molecule has 6 heteroatoms. The Labute approximate surface area is 137 Å². The molecular weight excluding hydrogens is 296 g/mol. The van der Waals surface area contributed by atoms with Crippen molar-refractivity contribution in [3.05, 3.63) is 18.2 Å². The van der Waals surface area contributed by atoms with E-state index < -0.39 is 0 Å². The van der Waals surface area contributed by atoms with E-state index in [2.05, 4.69) is 10.2 Å². The van der Waals surface area contributed by atoms with Gasteiger partial charge in [-0.05, 0) is 32.9 Å². The maximum atomic E-state index is 12.5. The predicted molar refractivity (Wildman–Crippen MR) is 89.2 cm³/mol. The first kappa shape index (κ1) is 17.6. The summed E-state index contributed by atoms with van der Waals surface area (Å²) in [6, 6.07) is 5.11. The van der Waals surface area contributed by atoms with Gasteiger partial charge in [0.25, 0.3) is 0 Å². The quantitative estimate of drug-likeness (QED) is 0.900. The molecule has 1 aromatic carbocycles. The molecule has 1 aliphatic heterocycles. The lowest BCUT2D eigenvalue weighted by molar-refractivity contribution is -0.126. The molecule has 1 N–H and O–H groups in total. The monoisotopic (exact) mass is 322 g/mol. The molecule has 1 heterocycles. The summed E-state index contributed by atoms with van der Waals surface area (Å²) in [6.45, 7) is 7.49. The largest absolute Gasteiger partial charge is 0.493 e. The van der Waals surface area contributed by atoms with Crippen LogP contribution in [-0.2, 0) is 9.53 Å². The average Bonchev–Trinajstić information content (AvgIpc) is 2.52. The Balaban J connectivity index is 2.03. The fourth-order valence-electron chi connectivity index (χ4n) is 2.86. The molecule has 0 saturated carbocycles. The van der Waals surface area contributed by atoms with Crippen molar-refractivity contribution >= 4 is 11.6 Å². The van der Waals surface area contributed by atoms with Crippen molar-refractivity contribution in [1.82, 2.24) is 4.90 Å². The van der Waals surface area contributed by atoms with Crippen molar-refractivity contribution in [1.29, 1.82) is 0 Å². The van der Waals surface area contributed by atoms with Crippen molar-refractivity contribution in [2.24, 2.45) is 0 Å². The molecule has 0 spiro atoms. The molecule has 1 fully saturated rings. The van der Waals surface area contributed by atoms with Crippen LogP contribution in [0.4, 0.5) is 5.69 Å². The molecule has 1 saturated heterocycles. The van der Waals surface area contributed by atoms with E-state index in [1.807, 2.05) is 20.8 Å². The number of carbonyl (C=O) groups is 1. The third kappa shape index (κ3) is 4.36. The van der Waals surface area contributed by atoms with Crippen molar-refractivity contribution in [3.63, 3.8) is 0 Å². The van der Waals surface area contributed by atoms with E-state index >= 15 is 0 Å². The first-order valence-corrected chi connectivity index (χ1v) is 7.87. The van der Waals surface area contributed by atoms with E-state index in [1.165, 1.54) is 0 Å². The summed E-state index contributed by atoms with van der Waals surface area (Å²) in [5, 5.41) is 2.94. The van der Waals surface area contributed by atoms with Gasteiger partial charge in [-0.25, -0.2) is 0 Å². The third-order valence-electron chi connectivity index (χ3n) is 4.03. The number of nitrogens with one attached hydrogen (secondary N) is 1. The predicted octanol–water partition coefficient (Wildman–Crippen LogP) is 2.14. The second-order valence-electron chi connectivity index (χ2n) is 5.95. The molecular formula is C17H26N2O4. The number of carbonyl (C=O) groups excluding carboxylic acids is 1. The third-order valence-corrected chi connectivity index (χ3v) is 4.03. The highest BCUT2D eigenvalue weighted by Crippen LogP contribution is 2.29. The number of methoxy groups -OCH3 is 2. The fourth-order valence-corrected chi connectivity index (χ4v) is 2.86.